The van der Waals surface area contributed by atoms with Gasteiger partial charge in [0, 0.05) is 6.54 Å². The van der Waals surface area contributed by atoms with Gasteiger partial charge in [0.1, 0.15) is 18.1 Å². The number of rotatable bonds is 6. The van der Waals surface area contributed by atoms with Crippen molar-refractivity contribution in [3.05, 3.63) is 47.5 Å². The van der Waals surface area contributed by atoms with Crippen molar-refractivity contribution in [2.24, 2.45) is 0 Å². The van der Waals surface area contributed by atoms with Gasteiger partial charge < -0.3 is 14.8 Å². The van der Waals surface area contributed by atoms with Gasteiger partial charge in [-0.05, 0) is 30.3 Å². The highest BCUT2D eigenvalue weighted by Crippen LogP contribution is 2.30. The molecule has 0 aliphatic carbocycles. The van der Waals surface area contributed by atoms with Crippen LogP contribution in [0.4, 0.5) is 5.69 Å². The number of hydrogen-bond acceptors (Lipinski definition) is 5. The van der Waals surface area contributed by atoms with Gasteiger partial charge in [0.15, 0.2) is 6.61 Å². The Morgan fingerprint density at radius 1 is 1.24 bits per heavy atom. The Kier molecular flexibility index (Phi) is 5.12. The Morgan fingerprint density at radius 2 is 2.04 bits per heavy atom. The van der Waals surface area contributed by atoms with Crippen LogP contribution in [0.1, 0.15) is 0 Å². The van der Waals surface area contributed by atoms with Crippen LogP contribution in [-0.2, 0) is 14.8 Å². The van der Waals surface area contributed by atoms with Crippen molar-refractivity contribution in [3.63, 3.8) is 0 Å². The molecule has 0 saturated heterocycles. The smallest absolute Gasteiger partial charge is 0.262 e. The topological polar surface area (TPSA) is 93.7 Å². The molecule has 3 rings (SSSR count). The first-order valence-corrected chi connectivity index (χ1v) is 9.25. The van der Waals surface area contributed by atoms with Crippen molar-refractivity contribution in [3.8, 4) is 11.5 Å². The number of anilines is 1. The van der Waals surface area contributed by atoms with Crippen LogP contribution in [-0.4, -0.2) is 34.1 Å². The van der Waals surface area contributed by atoms with E-state index >= 15 is 0 Å². The van der Waals surface area contributed by atoms with Crippen LogP contribution < -0.4 is 19.5 Å². The van der Waals surface area contributed by atoms with Crippen molar-refractivity contribution in [2.75, 3.05) is 25.1 Å². The molecule has 0 radical (unpaired) electrons. The van der Waals surface area contributed by atoms with Crippen molar-refractivity contribution in [1.82, 2.24) is 4.72 Å². The first-order valence-electron chi connectivity index (χ1n) is 7.39. The van der Waals surface area contributed by atoms with Gasteiger partial charge in [0.05, 0.1) is 15.6 Å². The normalized spacial score (nSPS) is 13.6. The molecule has 2 N–H and O–H groups in total. The summed E-state index contributed by atoms with van der Waals surface area (Å²) in [6, 6.07) is 11.2. The van der Waals surface area contributed by atoms with Gasteiger partial charge in [0.25, 0.3) is 5.91 Å². The number of carbonyl (C=O) groups is 1. The van der Waals surface area contributed by atoms with Crippen LogP contribution in [0, 0.1) is 0 Å². The highest BCUT2D eigenvalue weighted by atomic mass is 35.5. The number of amides is 1. The minimum Gasteiger partial charge on any atom is -0.491 e. The minimum atomic E-state index is -3.75. The third-order valence-corrected chi connectivity index (χ3v) is 5.15. The van der Waals surface area contributed by atoms with E-state index in [1.54, 1.807) is 24.3 Å². The molecular formula is C16H15ClN2O5S. The van der Waals surface area contributed by atoms with E-state index in [9.17, 15) is 13.2 Å². The van der Waals surface area contributed by atoms with E-state index in [4.69, 9.17) is 21.1 Å². The van der Waals surface area contributed by atoms with Crippen molar-refractivity contribution in [1.29, 1.82) is 0 Å². The number of carbonyl (C=O) groups excluding carboxylic acids is 1. The fourth-order valence-corrected chi connectivity index (χ4v) is 3.44. The number of halogens is 1. The van der Waals surface area contributed by atoms with Crippen LogP contribution in [0.2, 0.25) is 5.02 Å². The van der Waals surface area contributed by atoms with Gasteiger partial charge in [-0.1, -0.05) is 23.7 Å². The maximum Gasteiger partial charge on any atom is 0.262 e. The van der Waals surface area contributed by atoms with Crippen LogP contribution in [0.15, 0.2) is 47.4 Å². The fraction of sp³-hybridized carbons (Fsp3) is 0.188. The van der Waals surface area contributed by atoms with Gasteiger partial charge in [-0.25, -0.2) is 13.1 Å². The second-order valence-electron chi connectivity index (χ2n) is 5.17. The number of sulfonamides is 1. The molecule has 132 valence electrons. The molecule has 0 atom stereocenters. The predicted octanol–water partition coefficient (Wildman–Crippen LogP) is 2.03. The molecule has 0 spiro atoms. The third kappa shape index (κ3) is 4.22. The van der Waals surface area contributed by atoms with Crippen LogP contribution in [0.25, 0.3) is 0 Å². The van der Waals surface area contributed by atoms with Crippen LogP contribution >= 0.6 is 11.6 Å². The van der Waals surface area contributed by atoms with Gasteiger partial charge >= 0.3 is 0 Å². The number of ether oxygens (including phenoxy) is 2. The molecule has 0 aromatic heterocycles. The Hall–Kier alpha value is -2.29. The lowest BCUT2D eigenvalue weighted by Crippen LogP contribution is -2.29. The largest absolute Gasteiger partial charge is 0.491 e. The molecule has 1 heterocycles. The van der Waals surface area contributed by atoms with Crippen molar-refractivity contribution in [2.45, 2.75) is 4.90 Å². The summed E-state index contributed by atoms with van der Waals surface area (Å²) >= 11 is 5.96. The Bertz CT molecular complexity index is 901. The number of fused-ring (bicyclic) bond motifs is 1. The summed E-state index contributed by atoms with van der Waals surface area (Å²) in [5.74, 6) is 0.584. The van der Waals surface area contributed by atoms with Gasteiger partial charge in [-0.15, -0.1) is 0 Å². The van der Waals surface area contributed by atoms with Crippen LogP contribution in [0.3, 0.4) is 0 Å². The molecular weight excluding hydrogens is 368 g/mol. The second-order valence-corrected chi connectivity index (χ2v) is 7.35. The molecule has 2 aromatic rings. The molecule has 25 heavy (non-hydrogen) atoms. The molecule has 0 fully saturated rings. The van der Waals surface area contributed by atoms with Crippen molar-refractivity contribution < 1.29 is 22.7 Å². The SMILES string of the molecule is O=C1COc2ccc(S(=O)(=O)NCCOc3ccccc3Cl)cc2N1. The summed E-state index contributed by atoms with van der Waals surface area (Å²) < 4.78 is 37.7. The zero-order chi connectivity index (χ0) is 17.9. The summed E-state index contributed by atoms with van der Waals surface area (Å²) in [7, 11) is -3.75. The summed E-state index contributed by atoms with van der Waals surface area (Å²) in [6.07, 6.45) is 0. The Morgan fingerprint density at radius 3 is 2.84 bits per heavy atom. The maximum absolute atomic E-state index is 12.3. The van der Waals surface area contributed by atoms with E-state index in [0.29, 0.717) is 22.2 Å². The van der Waals surface area contributed by atoms with Crippen LogP contribution in [0.5, 0.6) is 11.5 Å². The number of para-hydroxylation sites is 1. The molecule has 1 amide bonds. The van der Waals surface area contributed by atoms with E-state index in [1.165, 1.54) is 18.2 Å². The highest BCUT2D eigenvalue weighted by Gasteiger charge is 2.20. The van der Waals surface area contributed by atoms with E-state index in [1.807, 2.05) is 0 Å². The highest BCUT2D eigenvalue weighted by molar-refractivity contribution is 7.89. The summed E-state index contributed by atoms with van der Waals surface area (Å²) in [6.45, 7) is 0.0952. The van der Waals surface area contributed by atoms with Gasteiger partial charge in [0.2, 0.25) is 10.0 Å². The van der Waals surface area contributed by atoms with Crippen molar-refractivity contribution >= 4 is 33.2 Å². The molecule has 0 bridgehead atoms. The number of nitrogens with one attached hydrogen (secondary N) is 2. The zero-order valence-electron chi connectivity index (χ0n) is 13.0. The third-order valence-electron chi connectivity index (χ3n) is 3.38. The lowest BCUT2D eigenvalue weighted by atomic mass is 10.2. The average Bonchev–Trinajstić information content (AvgIpc) is 2.59. The second kappa shape index (κ2) is 7.30. The Balaban J connectivity index is 1.61. The molecule has 1 aliphatic heterocycles. The predicted molar refractivity (Wildman–Crippen MR) is 92.7 cm³/mol. The van der Waals surface area contributed by atoms with E-state index in [0.717, 1.165) is 0 Å². The molecule has 0 unspecified atom stereocenters. The summed E-state index contributed by atoms with van der Waals surface area (Å²) in [5.41, 5.74) is 0.325. The first kappa shape index (κ1) is 17.5. The average molecular weight is 383 g/mol. The lowest BCUT2D eigenvalue weighted by Gasteiger charge is -2.18. The summed E-state index contributed by atoms with van der Waals surface area (Å²) in [5, 5.41) is 3.03. The standard InChI is InChI=1S/C16H15ClN2O5S/c17-12-3-1-2-4-14(12)23-8-7-18-25(21,22)11-5-6-15-13(9-11)19-16(20)10-24-15/h1-6,9,18H,7-8,10H2,(H,19,20). The van der Waals surface area contributed by atoms with E-state index in [2.05, 4.69) is 10.0 Å². The molecule has 2 aromatic carbocycles. The molecule has 7 nitrogen and oxygen atoms in total. The number of benzene rings is 2. The number of hydrogen-bond donors (Lipinski definition) is 2. The molecule has 1 aliphatic rings. The van der Waals surface area contributed by atoms with E-state index in [-0.39, 0.29) is 30.6 Å². The Labute approximate surface area is 149 Å². The van der Waals surface area contributed by atoms with Gasteiger partial charge in [-0.2, -0.15) is 0 Å². The quantitative estimate of drug-likeness (QED) is 0.745. The first-order chi connectivity index (χ1) is 12.0. The monoisotopic (exact) mass is 382 g/mol. The van der Waals surface area contributed by atoms with E-state index < -0.39 is 10.0 Å². The molecule has 9 heteroatoms. The van der Waals surface area contributed by atoms with Gasteiger partial charge in [-0.3, -0.25) is 4.79 Å². The zero-order valence-corrected chi connectivity index (χ0v) is 14.6. The summed E-state index contributed by atoms with van der Waals surface area (Å²) in [4.78, 5) is 11.4. The maximum atomic E-state index is 12.3. The minimum absolute atomic E-state index is 0.0230. The fourth-order valence-electron chi connectivity index (χ4n) is 2.21. The molecule has 0 saturated carbocycles. The lowest BCUT2D eigenvalue weighted by molar-refractivity contribution is -0.118.